The van der Waals surface area contributed by atoms with Crippen molar-refractivity contribution in [3.05, 3.63) is 89.4 Å². The first-order valence-corrected chi connectivity index (χ1v) is 11.3. The number of benzene rings is 3. The van der Waals surface area contributed by atoms with Gasteiger partial charge >= 0.3 is 0 Å². The summed E-state index contributed by atoms with van der Waals surface area (Å²) in [6.07, 6.45) is 0.170. The van der Waals surface area contributed by atoms with Crippen molar-refractivity contribution in [1.82, 2.24) is 5.32 Å². The predicted molar refractivity (Wildman–Crippen MR) is 131 cm³/mol. The Hall–Kier alpha value is -3.84. The van der Waals surface area contributed by atoms with Crippen LogP contribution in [-0.4, -0.2) is 30.9 Å². The molecule has 1 fully saturated rings. The van der Waals surface area contributed by atoms with Crippen molar-refractivity contribution < 1.29 is 19.1 Å². The van der Waals surface area contributed by atoms with Gasteiger partial charge in [0.25, 0.3) is 5.91 Å². The smallest absolute Gasteiger partial charge is 0.262 e. The van der Waals surface area contributed by atoms with Gasteiger partial charge in [0.2, 0.25) is 11.8 Å². The number of carbonyl (C=O) groups excluding carboxylic acids is 3. The maximum absolute atomic E-state index is 12.5. The van der Waals surface area contributed by atoms with Crippen molar-refractivity contribution in [1.29, 1.82) is 0 Å². The summed E-state index contributed by atoms with van der Waals surface area (Å²) in [6, 6.07) is 23.3. The normalized spacial score (nSPS) is 15.1. The number of halogens is 1. The summed E-state index contributed by atoms with van der Waals surface area (Å²) in [5.41, 5.74) is 2.32. The second-order valence-corrected chi connectivity index (χ2v) is 8.38. The summed E-state index contributed by atoms with van der Waals surface area (Å²) in [4.78, 5) is 38.7. The third-order valence-electron chi connectivity index (χ3n) is 5.45. The Kier molecular flexibility index (Phi) is 7.44. The molecule has 8 heteroatoms. The van der Waals surface area contributed by atoms with E-state index in [-0.39, 0.29) is 30.7 Å². The maximum atomic E-state index is 12.5. The van der Waals surface area contributed by atoms with E-state index < -0.39 is 5.92 Å². The Morgan fingerprint density at radius 2 is 1.68 bits per heavy atom. The first kappa shape index (κ1) is 23.3. The zero-order chi connectivity index (χ0) is 23.9. The molecule has 0 radical (unpaired) electrons. The molecule has 1 atom stereocenters. The Labute approximate surface area is 202 Å². The molecule has 4 rings (SSSR count). The number of amides is 3. The molecule has 1 saturated heterocycles. The van der Waals surface area contributed by atoms with Crippen molar-refractivity contribution in [3.8, 4) is 5.75 Å². The number of rotatable bonds is 8. The molecule has 174 valence electrons. The minimum atomic E-state index is -0.399. The van der Waals surface area contributed by atoms with Gasteiger partial charge in [-0.1, -0.05) is 41.9 Å². The highest BCUT2D eigenvalue weighted by atomic mass is 35.5. The van der Waals surface area contributed by atoms with Crippen LogP contribution >= 0.6 is 11.6 Å². The lowest BCUT2D eigenvalue weighted by Crippen LogP contribution is -2.32. The minimum Gasteiger partial charge on any atom is -0.484 e. The second-order valence-electron chi connectivity index (χ2n) is 7.95. The molecule has 1 aliphatic rings. The van der Waals surface area contributed by atoms with E-state index in [4.69, 9.17) is 16.3 Å². The summed E-state index contributed by atoms with van der Waals surface area (Å²) in [5, 5.41) is 6.22. The van der Waals surface area contributed by atoms with Crippen LogP contribution in [-0.2, 0) is 20.9 Å². The van der Waals surface area contributed by atoms with Gasteiger partial charge in [-0.15, -0.1) is 0 Å². The van der Waals surface area contributed by atoms with E-state index in [0.29, 0.717) is 35.2 Å². The number of nitrogens with zero attached hydrogens (tertiary/aromatic N) is 1. The van der Waals surface area contributed by atoms with Gasteiger partial charge in [0.15, 0.2) is 6.61 Å². The second kappa shape index (κ2) is 10.9. The molecule has 3 amide bonds. The molecular weight excluding hydrogens is 454 g/mol. The highest BCUT2D eigenvalue weighted by molar-refractivity contribution is 6.30. The lowest BCUT2D eigenvalue weighted by molar-refractivity contribution is -0.126. The van der Waals surface area contributed by atoms with Gasteiger partial charge in [-0.05, 0) is 54.1 Å². The van der Waals surface area contributed by atoms with Crippen LogP contribution in [0, 0.1) is 5.92 Å². The largest absolute Gasteiger partial charge is 0.484 e. The van der Waals surface area contributed by atoms with Crippen molar-refractivity contribution in [2.24, 2.45) is 5.92 Å². The average molecular weight is 478 g/mol. The Balaban J connectivity index is 1.26. The van der Waals surface area contributed by atoms with Crippen LogP contribution in [0.25, 0.3) is 0 Å². The summed E-state index contributed by atoms with van der Waals surface area (Å²) < 4.78 is 5.54. The van der Waals surface area contributed by atoms with E-state index in [1.54, 1.807) is 53.4 Å². The van der Waals surface area contributed by atoms with Gasteiger partial charge in [-0.25, -0.2) is 0 Å². The van der Waals surface area contributed by atoms with Gasteiger partial charge in [0, 0.05) is 35.9 Å². The molecule has 0 aliphatic carbocycles. The van der Waals surface area contributed by atoms with Crippen LogP contribution in [0.1, 0.15) is 12.0 Å². The Bertz CT molecular complexity index is 1150. The Morgan fingerprint density at radius 1 is 0.971 bits per heavy atom. The molecule has 7 nitrogen and oxygen atoms in total. The maximum Gasteiger partial charge on any atom is 0.262 e. The van der Waals surface area contributed by atoms with Crippen molar-refractivity contribution in [3.63, 3.8) is 0 Å². The fraction of sp³-hybridized carbons (Fsp3) is 0.192. The highest BCUT2D eigenvalue weighted by Gasteiger charge is 2.35. The standard InChI is InChI=1S/C26H24ClN3O4/c27-20-6-8-21(9-7-20)29-24(31)17-34-23-12-10-22(11-13-23)30-16-19(14-25(30)32)26(33)28-15-18-4-2-1-3-5-18/h1-13,19H,14-17H2,(H,28,33)(H,29,31). The summed E-state index contributed by atoms with van der Waals surface area (Å²) in [5.74, 6) is -0.435. The summed E-state index contributed by atoms with van der Waals surface area (Å²) >= 11 is 5.84. The zero-order valence-electron chi connectivity index (χ0n) is 18.4. The topological polar surface area (TPSA) is 87.7 Å². The predicted octanol–water partition coefficient (Wildman–Crippen LogP) is 4.03. The molecule has 0 saturated carbocycles. The molecular formula is C26H24ClN3O4. The molecule has 0 spiro atoms. The summed E-state index contributed by atoms with van der Waals surface area (Å²) in [6.45, 7) is 0.597. The molecule has 0 aromatic heterocycles. The number of ether oxygens (including phenoxy) is 1. The molecule has 1 unspecified atom stereocenters. The van der Waals surface area contributed by atoms with E-state index in [2.05, 4.69) is 10.6 Å². The molecule has 1 heterocycles. The quantitative estimate of drug-likeness (QED) is 0.513. The average Bonchev–Trinajstić information content (AvgIpc) is 3.25. The molecule has 3 aromatic rings. The third kappa shape index (κ3) is 6.14. The highest BCUT2D eigenvalue weighted by Crippen LogP contribution is 2.27. The van der Waals surface area contributed by atoms with Gasteiger partial charge in [0.1, 0.15) is 5.75 Å². The van der Waals surface area contributed by atoms with Crippen LogP contribution in [0.3, 0.4) is 0 Å². The fourth-order valence-corrected chi connectivity index (χ4v) is 3.79. The fourth-order valence-electron chi connectivity index (χ4n) is 3.66. The van der Waals surface area contributed by atoms with Crippen LogP contribution in [0.15, 0.2) is 78.9 Å². The number of carbonyl (C=O) groups is 3. The lowest BCUT2D eigenvalue weighted by atomic mass is 10.1. The number of anilines is 2. The SMILES string of the molecule is O=C(COc1ccc(N2CC(C(=O)NCc3ccccc3)CC2=O)cc1)Nc1ccc(Cl)cc1. The van der Waals surface area contributed by atoms with E-state index in [1.807, 2.05) is 30.3 Å². The first-order valence-electron chi connectivity index (χ1n) is 10.9. The van der Waals surface area contributed by atoms with Crippen molar-refractivity contribution in [2.45, 2.75) is 13.0 Å². The zero-order valence-corrected chi connectivity index (χ0v) is 19.1. The van der Waals surface area contributed by atoms with Crippen molar-refractivity contribution >= 4 is 40.7 Å². The van der Waals surface area contributed by atoms with E-state index in [0.717, 1.165) is 5.56 Å². The lowest BCUT2D eigenvalue weighted by Gasteiger charge is -2.17. The van der Waals surface area contributed by atoms with Crippen LogP contribution in [0.2, 0.25) is 5.02 Å². The monoisotopic (exact) mass is 477 g/mol. The third-order valence-corrected chi connectivity index (χ3v) is 5.70. The molecule has 1 aliphatic heterocycles. The van der Waals surface area contributed by atoms with Gasteiger partial charge in [0.05, 0.1) is 5.92 Å². The van der Waals surface area contributed by atoms with Crippen molar-refractivity contribution in [2.75, 3.05) is 23.4 Å². The minimum absolute atomic E-state index is 0.101. The van der Waals surface area contributed by atoms with Crippen LogP contribution in [0.5, 0.6) is 5.75 Å². The number of nitrogens with one attached hydrogen (secondary N) is 2. The molecule has 3 aromatic carbocycles. The molecule has 0 bridgehead atoms. The van der Waals surface area contributed by atoms with Gasteiger partial charge in [-0.2, -0.15) is 0 Å². The van der Waals surface area contributed by atoms with Crippen LogP contribution in [0.4, 0.5) is 11.4 Å². The number of hydrogen-bond donors (Lipinski definition) is 2. The van der Waals surface area contributed by atoms with Gasteiger partial charge < -0.3 is 20.3 Å². The van der Waals surface area contributed by atoms with Gasteiger partial charge in [-0.3, -0.25) is 14.4 Å². The number of hydrogen-bond acceptors (Lipinski definition) is 4. The Morgan fingerprint density at radius 3 is 2.38 bits per heavy atom. The van der Waals surface area contributed by atoms with Crippen LogP contribution < -0.4 is 20.3 Å². The van der Waals surface area contributed by atoms with E-state index in [1.165, 1.54) is 0 Å². The van der Waals surface area contributed by atoms with E-state index in [9.17, 15) is 14.4 Å². The molecule has 2 N–H and O–H groups in total. The summed E-state index contributed by atoms with van der Waals surface area (Å²) in [7, 11) is 0. The van der Waals surface area contributed by atoms with E-state index >= 15 is 0 Å². The molecule has 34 heavy (non-hydrogen) atoms. The first-order chi connectivity index (χ1) is 16.5.